The van der Waals surface area contributed by atoms with Crippen molar-refractivity contribution in [3.05, 3.63) is 21.4 Å². The van der Waals surface area contributed by atoms with Crippen LogP contribution in [0.4, 0.5) is 0 Å². The molecule has 0 fully saturated rings. The molecule has 0 saturated heterocycles. The summed E-state index contributed by atoms with van der Waals surface area (Å²) < 4.78 is 0. The van der Waals surface area contributed by atoms with E-state index in [1.54, 1.807) is 11.3 Å². The van der Waals surface area contributed by atoms with Crippen LogP contribution >= 0.6 is 27.3 Å². The van der Waals surface area contributed by atoms with Crippen molar-refractivity contribution in [2.24, 2.45) is 0 Å². The average molecular weight is 316 g/mol. The number of fused-ring (bicyclic) bond motifs is 1. The van der Waals surface area contributed by atoms with Crippen LogP contribution in [0, 0.1) is 0 Å². The van der Waals surface area contributed by atoms with Crippen LogP contribution in [-0.4, -0.2) is 17.3 Å². The van der Waals surface area contributed by atoms with Gasteiger partial charge in [0, 0.05) is 16.2 Å². The third-order valence-corrected chi connectivity index (χ3v) is 4.95. The van der Waals surface area contributed by atoms with Crippen molar-refractivity contribution in [1.82, 2.24) is 5.32 Å². The number of carbonyl (C=O) groups is 1. The first-order valence-electron chi connectivity index (χ1n) is 6.23. The number of hydrogen-bond acceptors (Lipinski definition) is 2. The predicted molar refractivity (Wildman–Crippen MR) is 76.3 cm³/mol. The topological polar surface area (TPSA) is 29.1 Å². The van der Waals surface area contributed by atoms with Crippen molar-refractivity contribution in [3.63, 3.8) is 0 Å². The number of rotatable bonds is 5. The lowest BCUT2D eigenvalue weighted by atomic mass is 10.1. The van der Waals surface area contributed by atoms with E-state index in [2.05, 4.69) is 34.2 Å². The lowest BCUT2D eigenvalue weighted by Gasteiger charge is -2.14. The second-order valence-electron chi connectivity index (χ2n) is 4.47. The summed E-state index contributed by atoms with van der Waals surface area (Å²) in [6, 6.07) is 2.38. The summed E-state index contributed by atoms with van der Waals surface area (Å²) in [6.45, 7) is 2.11. The summed E-state index contributed by atoms with van der Waals surface area (Å²) in [5.74, 6) is 0.109. The van der Waals surface area contributed by atoms with E-state index >= 15 is 0 Å². The molecule has 1 unspecified atom stereocenters. The Labute approximate surface area is 115 Å². The van der Waals surface area contributed by atoms with Crippen molar-refractivity contribution in [2.45, 2.75) is 45.1 Å². The van der Waals surface area contributed by atoms with Gasteiger partial charge in [-0.3, -0.25) is 4.79 Å². The first kappa shape index (κ1) is 13.1. The SMILES string of the molecule is CCC(CCBr)NC(=O)c1cc2c(s1)CCC2. The fraction of sp³-hybridized carbons (Fsp3) is 0.615. The van der Waals surface area contributed by atoms with E-state index in [1.807, 2.05) is 0 Å². The highest BCUT2D eigenvalue weighted by molar-refractivity contribution is 9.09. The van der Waals surface area contributed by atoms with Gasteiger partial charge in [-0.2, -0.15) is 0 Å². The van der Waals surface area contributed by atoms with Crippen LogP contribution in [0.25, 0.3) is 0 Å². The lowest BCUT2D eigenvalue weighted by Crippen LogP contribution is -2.34. The molecule has 1 heterocycles. The minimum atomic E-state index is 0.109. The molecule has 1 aliphatic carbocycles. The number of hydrogen-bond donors (Lipinski definition) is 1. The molecule has 1 aromatic rings. The molecular weight excluding hydrogens is 298 g/mol. The second kappa shape index (κ2) is 6.01. The first-order chi connectivity index (χ1) is 8.24. The Morgan fingerprint density at radius 2 is 2.41 bits per heavy atom. The van der Waals surface area contributed by atoms with Crippen molar-refractivity contribution < 1.29 is 4.79 Å². The molecular formula is C13H18BrNOS. The molecule has 2 rings (SSSR count). The Hall–Kier alpha value is -0.350. The Bertz CT molecular complexity index is 381. The van der Waals surface area contributed by atoms with E-state index in [4.69, 9.17) is 0 Å². The number of thiophene rings is 1. The minimum Gasteiger partial charge on any atom is -0.349 e. The molecule has 1 aliphatic rings. The molecule has 1 N–H and O–H groups in total. The van der Waals surface area contributed by atoms with Crippen molar-refractivity contribution in [1.29, 1.82) is 0 Å². The molecule has 0 radical (unpaired) electrons. The van der Waals surface area contributed by atoms with E-state index < -0.39 is 0 Å². The van der Waals surface area contributed by atoms with Gasteiger partial charge in [-0.15, -0.1) is 11.3 Å². The third-order valence-electron chi connectivity index (χ3n) is 3.26. The zero-order valence-electron chi connectivity index (χ0n) is 10.1. The number of nitrogens with one attached hydrogen (secondary N) is 1. The molecule has 0 spiro atoms. The zero-order valence-corrected chi connectivity index (χ0v) is 12.5. The van der Waals surface area contributed by atoms with Gasteiger partial charge in [-0.1, -0.05) is 22.9 Å². The van der Waals surface area contributed by atoms with Crippen molar-refractivity contribution in [3.8, 4) is 0 Å². The van der Waals surface area contributed by atoms with Gasteiger partial charge in [0.1, 0.15) is 0 Å². The summed E-state index contributed by atoms with van der Waals surface area (Å²) in [6.07, 6.45) is 5.55. The minimum absolute atomic E-state index is 0.109. The Balaban J connectivity index is 1.99. The largest absolute Gasteiger partial charge is 0.349 e. The van der Waals surface area contributed by atoms with E-state index in [9.17, 15) is 4.79 Å². The molecule has 0 aromatic carbocycles. The van der Waals surface area contributed by atoms with Crippen LogP contribution in [0.15, 0.2) is 6.07 Å². The molecule has 0 saturated carbocycles. The third kappa shape index (κ3) is 3.10. The number of carbonyl (C=O) groups excluding carboxylic acids is 1. The maximum atomic E-state index is 12.1. The Kier molecular flexibility index (Phi) is 4.62. The summed E-state index contributed by atoms with van der Waals surface area (Å²) in [4.78, 5) is 14.4. The zero-order chi connectivity index (χ0) is 12.3. The van der Waals surface area contributed by atoms with Gasteiger partial charge in [0.2, 0.25) is 0 Å². The summed E-state index contributed by atoms with van der Waals surface area (Å²) >= 11 is 5.10. The van der Waals surface area contributed by atoms with E-state index in [0.29, 0.717) is 6.04 Å². The van der Waals surface area contributed by atoms with E-state index in [-0.39, 0.29) is 5.91 Å². The Morgan fingerprint density at radius 3 is 3.06 bits per heavy atom. The van der Waals surface area contributed by atoms with E-state index in [0.717, 1.165) is 35.9 Å². The molecule has 0 bridgehead atoms. The quantitative estimate of drug-likeness (QED) is 0.827. The van der Waals surface area contributed by atoms with Crippen LogP contribution < -0.4 is 5.32 Å². The normalized spacial score (nSPS) is 15.6. The fourth-order valence-corrected chi connectivity index (χ4v) is 3.92. The maximum Gasteiger partial charge on any atom is 0.261 e. The number of alkyl halides is 1. The van der Waals surface area contributed by atoms with Gasteiger partial charge in [-0.05, 0) is 43.7 Å². The summed E-state index contributed by atoms with van der Waals surface area (Å²) in [7, 11) is 0. The number of aryl methyl sites for hydroxylation is 2. The molecule has 2 nitrogen and oxygen atoms in total. The monoisotopic (exact) mass is 315 g/mol. The van der Waals surface area contributed by atoms with Gasteiger partial charge >= 0.3 is 0 Å². The van der Waals surface area contributed by atoms with E-state index in [1.165, 1.54) is 16.9 Å². The molecule has 1 aromatic heterocycles. The molecule has 4 heteroatoms. The smallest absolute Gasteiger partial charge is 0.261 e. The van der Waals surface area contributed by atoms with Crippen LogP contribution in [0.1, 0.15) is 46.3 Å². The van der Waals surface area contributed by atoms with Crippen molar-refractivity contribution >= 4 is 33.2 Å². The van der Waals surface area contributed by atoms with Crippen LogP contribution in [0.2, 0.25) is 0 Å². The van der Waals surface area contributed by atoms with Gasteiger partial charge in [0.25, 0.3) is 5.91 Å². The second-order valence-corrected chi connectivity index (χ2v) is 6.40. The molecule has 1 amide bonds. The molecule has 1 atom stereocenters. The van der Waals surface area contributed by atoms with Crippen LogP contribution in [-0.2, 0) is 12.8 Å². The van der Waals surface area contributed by atoms with Gasteiger partial charge < -0.3 is 5.32 Å². The molecule has 17 heavy (non-hydrogen) atoms. The van der Waals surface area contributed by atoms with Gasteiger partial charge in [0.15, 0.2) is 0 Å². The van der Waals surface area contributed by atoms with Crippen LogP contribution in [0.3, 0.4) is 0 Å². The standard InChI is InChI=1S/C13H18BrNOS/c1-2-10(6-7-14)15-13(16)12-8-9-4-3-5-11(9)17-12/h8,10H,2-7H2,1H3,(H,15,16). The van der Waals surface area contributed by atoms with Gasteiger partial charge in [0.05, 0.1) is 4.88 Å². The van der Waals surface area contributed by atoms with Crippen LogP contribution in [0.5, 0.6) is 0 Å². The molecule has 0 aliphatic heterocycles. The highest BCUT2D eigenvalue weighted by atomic mass is 79.9. The Morgan fingerprint density at radius 1 is 1.59 bits per heavy atom. The summed E-state index contributed by atoms with van der Waals surface area (Å²) in [5, 5.41) is 4.05. The van der Waals surface area contributed by atoms with Crippen molar-refractivity contribution in [2.75, 3.05) is 5.33 Å². The number of halogens is 1. The fourth-order valence-electron chi connectivity index (χ4n) is 2.21. The maximum absolute atomic E-state index is 12.1. The van der Waals surface area contributed by atoms with Gasteiger partial charge in [-0.25, -0.2) is 0 Å². The highest BCUT2D eigenvalue weighted by Gasteiger charge is 2.19. The molecule has 94 valence electrons. The first-order valence-corrected chi connectivity index (χ1v) is 8.16. The highest BCUT2D eigenvalue weighted by Crippen LogP contribution is 2.30. The summed E-state index contributed by atoms with van der Waals surface area (Å²) in [5.41, 5.74) is 1.40. The number of amides is 1. The lowest BCUT2D eigenvalue weighted by molar-refractivity contribution is 0.0939. The average Bonchev–Trinajstić information content (AvgIpc) is 2.88. The predicted octanol–water partition coefficient (Wildman–Crippen LogP) is 3.53.